The van der Waals surface area contributed by atoms with Crippen LogP contribution < -0.4 is 22.1 Å². The third kappa shape index (κ3) is 7.88. The van der Waals surface area contributed by atoms with Crippen molar-refractivity contribution in [1.29, 1.82) is 0 Å². The van der Waals surface area contributed by atoms with Gasteiger partial charge in [-0.2, -0.15) is 0 Å². The minimum Gasteiger partial charge on any atom is -0.480 e. The predicted molar refractivity (Wildman–Crippen MR) is 73.8 cm³/mol. The number of primary amides is 1. The summed E-state index contributed by atoms with van der Waals surface area (Å²) in [5.41, 5.74) is 10.5. The van der Waals surface area contributed by atoms with E-state index in [4.69, 9.17) is 16.6 Å². The van der Waals surface area contributed by atoms with E-state index in [0.29, 0.717) is 0 Å². The second-order valence-corrected chi connectivity index (χ2v) is 4.95. The van der Waals surface area contributed by atoms with Crippen LogP contribution in [0.4, 0.5) is 0 Å². The number of carbonyl (C=O) groups excluding carboxylic acids is 3. The number of rotatable bonds is 9. The summed E-state index contributed by atoms with van der Waals surface area (Å²) in [6.07, 6.45) is -0.280. The lowest BCUT2D eigenvalue weighted by molar-refractivity contribution is -0.142. The van der Waals surface area contributed by atoms with Crippen LogP contribution in [0.3, 0.4) is 0 Å². The second kappa shape index (κ2) is 8.90. The number of hydrogen-bond acceptors (Lipinski definition) is 5. The fraction of sp³-hybridized carbons (Fsp3) is 0.667. The van der Waals surface area contributed by atoms with Gasteiger partial charge in [0.25, 0.3) is 0 Å². The molecule has 0 saturated heterocycles. The molecule has 7 N–H and O–H groups in total. The van der Waals surface area contributed by atoms with Gasteiger partial charge in [-0.25, -0.2) is 4.79 Å². The summed E-state index contributed by atoms with van der Waals surface area (Å²) in [5, 5.41) is 13.4. The van der Waals surface area contributed by atoms with Crippen molar-refractivity contribution in [2.24, 2.45) is 17.4 Å². The van der Waals surface area contributed by atoms with Gasteiger partial charge in [0.1, 0.15) is 6.04 Å². The fourth-order valence-corrected chi connectivity index (χ4v) is 1.38. The summed E-state index contributed by atoms with van der Waals surface area (Å²) in [4.78, 5) is 44.6. The van der Waals surface area contributed by atoms with Crippen LogP contribution in [-0.4, -0.2) is 47.4 Å². The minimum absolute atomic E-state index is 0.0876. The summed E-state index contributed by atoms with van der Waals surface area (Å²) in [6.45, 7) is 3.13. The van der Waals surface area contributed by atoms with Crippen LogP contribution in [0.1, 0.15) is 26.7 Å². The molecule has 0 heterocycles. The Morgan fingerprint density at radius 2 is 1.76 bits per heavy atom. The molecule has 0 aromatic carbocycles. The van der Waals surface area contributed by atoms with Crippen LogP contribution in [0, 0.1) is 5.92 Å². The zero-order valence-corrected chi connectivity index (χ0v) is 12.1. The number of carbonyl (C=O) groups is 4. The Morgan fingerprint density at radius 1 is 1.19 bits per heavy atom. The topological polar surface area (TPSA) is 165 Å². The lowest BCUT2D eigenvalue weighted by Crippen LogP contribution is -2.49. The SMILES string of the molecule is CC(C)C(N)C(=O)NCC(=O)NC(CCC(N)=O)C(=O)O. The molecule has 9 nitrogen and oxygen atoms in total. The first kappa shape index (κ1) is 18.8. The van der Waals surface area contributed by atoms with Crippen molar-refractivity contribution in [2.75, 3.05) is 6.54 Å². The molecule has 0 aliphatic heterocycles. The standard InChI is InChI=1S/C12H22N4O5/c1-6(2)10(14)11(19)15-5-9(18)16-7(12(20)21)3-4-8(13)17/h6-7,10H,3-5,14H2,1-2H3,(H2,13,17)(H,15,19)(H,16,18)(H,20,21). The molecule has 0 aromatic heterocycles. The maximum Gasteiger partial charge on any atom is 0.326 e. The molecule has 9 heteroatoms. The Bertz CT molecular complexity index is 410. The van der Waals surface area contributed by atoms with E-state index in [0.717, 1.165) is 0 Å². The predicted octanol–water partition coefficient (Wildman–Crippen LogP) is -2.08. The first-order chi connectivity index (χ1) is 9.65. The van der Waals surface area contributed by atoms with Gasteiger partial charge in [0.05, 0.1) is 12.6 Å². The molecule has 2 atom stereocenters. The van der Waals surface area contributed by atoms with Crippen molar-refractivity contribution in [1.82, 2.24) is 10.6 Å². The molecule has 0 fully saturated rings. The monoisotopic (exact) mass is 302 g/mol. The van der Waals surface area contributed by atoms with E-state index in [2.05, 4.69) is 10.6 Å². The minimum atomic E-state index is -1.28. The number of aliphatic carboxylic acids is 1. The third-order valence-electron chi connectivity index (χ3n) is 2.76. The van der Waals surface area contributed by atoms with Crippen LogP contribution in [-0.2, 0) is 19.2 Å². The normalized spacial score (nSPS) is 13.3. The van der Waals surface area contributed by atoms with Crippen molar-refractivity contribution in [3.8, 4) is 0 Å². The van der Waals surface area contributed by atoms with E-state index in [9.17, 15) is 19.2 Å². The van der Waals surface area contributed by atoms with Gasteiger partial charge >= 0.3 is 5.97 Å². The zero-order valence-electron chi connectivity index (χ0n) is 12.1. The summed E-state index contributed by atoms with van der Waals surface area (Å²) >= 11 is 0. The lowest BCUT2D eigenvalue weighted by Gasteiger charge is -2.17. The summed E-state index contributed by atoms with van der Waals surface area (Å²) in [5.74, 6) is -3.21. The van der Waals surface area contributed by atoms with Crippen LogP contribution in [0.2, 0.25) is 0 Å². The van der Waals surface area contributed by atoms with Crippen LogP contribution >= 0.6 is 0 Å². The lowest BCUT2D eigenvalue weighted by atomic mass is 10.1. The van der Waals surface area contributed by atoms with Crippen molar-refractivity contribution in [3.63, 3.8) is 0 Å². The van der Waals surface area contributed by atoms with Crippen molar-refractivity contribution in [2.45, 2.75) is 38.8 Å². The molecule has 2 unspecified atom stereocenters. The van der Waals surface area contributed by atoms with Gasteiger partial charge in [-0.3, -0.25) is 14.4 Å². The molecule has 0 rings (SSSR count). The molecule has 120 valence electrons. The van der Waals surface area contributed by atoms with E-state index in [1.807, 2.05) is 0 Å². The molecule has 0 aliphatic rings. The van der Waals surface area contributed by atoms with E-state index in [-0.39, 0.29) is 25.3 Å². The fourth-order valence-electron chi connectivity index (χ4n) is 1.38. The van der Waals surface area contributed by atoms with E-state index in [1.165, 1.54) is 0 Å². The Labute approximate surface area is 122 Å². The average Bonchev–Trinajstić information content (AvgIpc) is 2.38. The Kier molecular flexibility index (Phi) is 7.99. The van der Waals surface area contributed by atoms with Crippen LogP contribution in [0.5, 0.6) is 0 Å². The van der Waals surface area contributed by atoms with Gasteiger partial charge in [0, 0.05) is 6.42 Å². The van der Waals surface area contributed by atoms with E-state index >= 15 is 0 Å². The highest BCUT2D eigenvalue weighted by molar-refractivity contribution is 5.89. The highest BCUT2D eigenvalue weighted by Gasteiger charge is 2.22. The summed E-state index contributed by atoms with van der Waals surface area (Å²) in [7, 11) is 0. The molecule has 0 saturated carbocycles. The van der Waals surface area contributed by atoms with Gasteiger partial charge in [0.15, 0.2) is 0 Å². The van der Waals surface area contributed by atoms with Crippen LogP contribution in [0.25, 0.3) is 0 Å². The molecule has 0 aliphatic carbocycles. The maximum atomic E-state index is 11.6. The Morgan fingerprint density at radius 3 is 2.19 bits per heavy atom. The number of carboxylic acid groups (broad SMARTS) is 1. The zero-order chi connectivity index (χ0) is 16.6. The molecule has 0 bridgehead atoms. The van der Waals surface area contributed by atoms with Gasteiger partial charge in [-0.1, -0.05) is 13.8 Å². The maximum absolute atomic E-state index is 11.6. The van der Waals surface area contributed by atoms with Gasteiger partial charge in [-0.15, -0.1) is 0 Å². The largest absolute Gasteiger partial charge is 0.480 e. The molecular formula is C12H22N4O5. The average molecular weight is 302 g/mol. The number of amides is 3. The highest BCUT2D eigenvalue weighted by Crippen LogP contribution is 1.98. The highest BCUT2D eigenvalue weighted by atomic mass is 16.4. The molecule has 0 radical (unpaired) electrons. The molecular weight excluding hydrogens is 280 g/mol. The molecule has 0 aromatic rings. The van der Waals surface area contributed by atoms with E-state index in [1.54, 1.807) is 13.8 Å². The van der Waals surface area contributed by atoms with Crippen LogP contribution in [0.15, 0.2) is 0 Å². The van der Waals surface area contributed by atoms with Gasteiger partial charge < -0.3 is 27.2 Å². The molecule has 21 heavy (non-hydrogen) atoms. The number of hydrogen-bond donors (Lipinski definition) is 5. The van der Waals surface area contributed by atoms with Gasteiger partial charge in [0.2, 0.25) is 17.7 Å². The smallest absolute Gasteiger partial charge is 0.326 e. The number of nitrogens with one attached hydrogen (secondary N) is 2. The molecule has 0 spiro atoms. The first-order valence-corrected chi connectivity index (χ1v) is 6.49. The molecule has 3 amide bonds. The van der Waals surface area contributed by atoms with E-state index < -0.39 is 35.8 Å². The number of nitrogens with two attached hydrogens (primary N) is 2. The van der Waals surface area contributed by atoms with Crippen molar-refractivity contribution < 1.29 is 24.3 Å². The van der Waals surface area contributed by atoms with Crippen molar-refractivity contribution >= 4 is 23.7 Å². The second-order valence-electron chi connectivity index (χ2n) is 4.95. The van der Waals surface area contributed by atoms with Crippen molar-refractivity contribution in [3.05, 3.63) is 0 Å². The Balaban J connectivity index is 4.29. The third-order valence-corrected chi connectivity index (χ3v) is 2.76. The summed E-state index contributed by atoms with van der Waals surface area (Å²) < 4.78 is 0. The first-order valence-electron chi connectivity index (χ1n) is 6.49. The summed E-state index contributed by atoms with van der Waals surface area (Å²) in [6, 6.07) is -1.98. The number of carboxylic acids is 1. The van der Waals surface area contributed by atoms with Gasteiger partial charge in [-0.05, 0) is 12.3 Å². The quantitative estimate of drug-likeness (QED) is 0.328. The Hall–Kier alpha value is -2.16.